The second kappa shape index (κ2) is 39.6. The summed E-state index contributed by atoms with van der Waals surface area (Å²) in [6, 6.07) is 131. The molecule has 12 aromatic heterocycles. The number of para-hydroxylation sites is 6. The molecule has 0 bridgehead atoms. The Morgan fingerprint density at radius 3 is 0.612 bits per heavy atom. The predicted octanol–water partition coefficient (Wildman–Crippen LogP) is 25.5. The molecule has 0 aliphatic heterocycles. The molecule has 0 spiro atoms. The maximum Gasteiger partial charge on any atom is 3.00 e. The number of benzene rings is 12. The first kappa shape index (κ1) is 88.0. The van der Waals surface area contributed by atoms with E-state index in [2.05, 4.69) is 354 Å². The van der Waals surface area contributed by atoms with Gasteiger partial charge in [0.1, 0.15) is 0 Å². The number of aromatic nitrogens is 12. The summed E-state index contributed by atoms with van der Waals surface area (Å²) < 4.78 is 13.3. The van der Waals surface area contributed by atoms with E-state index >= 15 is 0 Å². The van der Waals surface area contributed by atoms with Crippen LogP contribution in [0.1, 0.15) is 20.3 Å². The van der Waals surface area contributed by atoms with E-state index in [1.807, 2.05) is 146 Å². The predicted molar refractivity (Wildman–Crippen MR) is 524 cm³/mol. The van der Waals surface area contributed by atoms with Gasteiger partial charge in [0.2, 0.25) is 0 Å². The van der Waals surface area contributed by atoms with Crippen LogP contribution in [0.3, 0.4) is 0 Å². The van der Waals surface area contributed by atoms with Crippen molar-refractivity contribution in [2.45, 2.75) is 32.5 Å². The summed E-state index contributed by atoms with van der Waals surface area (Å²) in [5.74, 6) is 0. The van der Waals surface area contributed by atoms with E-state index in [0.29, 0.717) is 6.42 Å². The molecule has 0 saturated carbocycles. The second-order valence-electron chi connectivity index (χ2n) is 31.6. The van der Waals surface area contributed by atoms with Gasteiger partial charge < -0.3 is 62.5 Å². The SMILES string of the molecule is CC(O)CC(C)O.Cn1c2c[c-]c(-c3ccccn3)cc2c2ccccc21.Cn1c2c[c-]c(-c3ccccn3)cc2c2ccccc21.Cn1c2c[c-]c(-c3ccccn3)cc2c2ccccc21.Cn1c2c[c-]c(-c3ccccn3)cc2c2ccccc21.Cn1c2c[c-]c(-c3ccccn3)cc2c2ccccc21.Cn1c2ccccc2c2cc(-c3ccccn3)ccc21.[Ir+3].[Ir]. The van der Waals surface area contributed by atoms with Crippen molar-refractivity contribution in [3.05, 3.63) is 401 Å². The molecule has 1 radical (unpaired) electrons. The van der Waals surface area contributed by atoms with E-state index in [1.54, 1.807) is 13.8 Å². The fourth-order valence-corrected chi connectivity index (χ4v) is 17.2. The monoisotopic (exact) mass is 2030 g/mol. The summed E-state index contributed by atoms with van der Waals surface area (Å²) in [4.78, 5) is 26.5. The molecular weight excluding hydrogens is 1940 g/mol. The van der Waals surface area contributed by atoms with Gasteiger partial charge in [-0.15, -0.1) is 119 Å². The quantitative estimate of drug-likeness (QED) is 0.143. The third-order valence-electron chi connectivity index (χ3n) is 23.5. The Bertz CT molecular complexity index is 6800. The molecule has 129 heavy (non-hydrogen) atoms. The van der Waals surface area contributed by atoms with Crippen molar-refractivity contribution >= 4 is 131 Å². The minimum atomic E-state index is -0.375. The Hall–Kier alpha value is -14.4. The molecule has 12 heterocycles. The summed E-state index contributed by atoms with van der Waals surface area (Å²) in [6.07, 6.45) is 10.6. The zero-order valence-electron chi connectivity index (χ0n) is 72.5. The Balaban J connectivity index is 0.000000111. The summed E-state index contributed by atoms with van der Waals surface area (Å²) in [6.45, 7) is 3.32. The smallest absolute Gasteiger partial charge is 0.393 e. The van der Waals surface area contributed by atoms with Gasteiger partial charge in [0.05, 0.1) is 17.9 Å². The number of aryl methyl sites for hydroxylation is 6. The van der Waals surface area contributed by atoms with Crippen molar-refractivity contribution < 1.29 is 50.4 Å². The number of aliphatic hydroxyl groups excluding tert-OH is 2. The first-order valence-corrected chi connectivity index (χ1v) is 42.5. The Labute approximate surface area is 776 Å². The summed E-state index contributed by atoms with van der Waals surface area (Å²) in [5, 5.41) is 32.3. The third kappa shape index (κ3) is 18.3. The van der Waals surface area contributed by atoms with E-state index < -0.39 is 0 Å². The van der Waals surface area contributed by atoms with Gasteiger partial charge in [-0.3, -0.25) is 4.98 Å². The van der Waals surface area contributed by atoms with Crippen LogP contribution in [0.5, 0.6) is 0 Å². The van der Waals surface area contributed by atoms with Gasteiger partial charge in [-0.05, 0) is 194 Å². The Morgan fingerprint density at radius 2 is 0.411 bits per heavy atom. The molecule has 2 N–H and O–H groups in total. The minimum absolute atomic E-state index is 0. The standard InChI is InChI=1S/C18H14N2.5C18H13N2.C5H12O2.2Ir/c6*1-20-17-8-3-2-6-14(17)15-12-13(9-10-18(15)20)16-7-4-5-11-19-16;1-4(6)3-5(2)7;;/h2-12H,1H3;5*2-8,10-12H,1H3;4-7H,3H2,1-2H3;;/q;5*-1;;;+3. The first-order valence-electron chi connectivity index (χ1n) is 42.5. The van der Waals surface area contributed by atoms with Crippen LogP contribution in [0.2, 0.25) is 0 Å². The fourth-order valence-electron chi connectivity index (χ4n) is 17.2. The number of nitrogens with zero attached hydrogens (tertiary/aromatic N) is 12. The number of hydrogen-bond acceptors (Lipinski definition) is 8. The molecule has 24 aromatic rings. The van der Waals surface area contributed by atoms with Crippen LogP contribution in [-0.4, -0.2) is 79.7 Å². The molecule has 0 aliphatic rings. The van der Waals surface area contributed by atoms with Gasteiger partial charge in [-0.25, -0.2) is 0 Å². The van der Waals surface area contributed by atoms with Crippen LogP contribution in [-0.2, 0) is 82.5 Å². The van der Waals surface area contributed by atoms with Gasteiger partial charge in [0.25, 0.3) is 0 Å². The van der Waals surface area contributed by atoms with Crippen LogP contribution in [0, 0.1) is 30.3 Å². The summed E-state index contributed by atoms with van der Waals surface area (Å²) in [7, 11) is 12.6. The van der Waals surface area contributed by atoms with Gasteiger partial charge in [-0.1, -0.05) is 209 Å². The average molecular weight is 2030 g/mol. The molecule has 2 atom stereocenters. The number of rotatable bonds is 8. The van der Waals surface area contributed by atoms with Crippen molar-refractivity contribution in [1.82, 2.24) is 57.3 Å². The molecule has 12 aromatic carbocycles. The molecule has 14 nitrogen and oxygen atoms in total. The molecular formula is C113H91Ir2N12O2-2. The molecule has 24 rings (SSSR count). The van der Waals surface area contributed by atoms with Crippen molar-refractivity contribution in [2.75, 3.05) is 0 Å². The Morgan fingerprint density at radius 1 is 0.225 bits per heavy atom. The topological polar surface area (TPSA) is 147 Å². The summed E-state index contributed by atoms with van der Waals surface area (Å²) >= 11 is 0. The Kier molecular flexibility index (Phi) is 27.0. The van der Waals surface area contributed by atoms with Gasteiger partial charge >= 0.3 is 20.1 Å². The average Bonchev–Trinajstić information content (AvgIpc) is 1.64. The van der Waals surface area contributed by atoms with E-state index in [4.69, 9.17) is 10.2 Å². The van der Waals surface area contributed by atoms with Crippen LogP contribution in [0.15, 0.2) is 371 Å². The maximum absolute atomic E-state index is 8.56. The van der Waals surface area contributed by atoms with Gasteiger partial charge in [-0.2, -0.15) is 0 Å². The van der Waals surface area contributed by atoms with E-state index in [0.717, 1.165) is 67.5 Å². The van der Waals surface area contributed by atoms with Crippen molar-refractivity contribution in [3.8, 4) is 67.5 Å². The zero-order chi connectivity index (χ0) is 87.0. The van der Waals surface area contributed by atoms with E-state index in [-0.39, 0.29) is 52.4 Å². The molecule has 0 fully saturated rings. The van der Waals surface area contributed by atoms with Gasteiger partial charge in [0.15, 0.2) is 0 Å². The van der Waals surface area contributed by atoms with Crippen molar-refractivity contribution in [2.24, 2.45) is 42.3 Å². The molecule has 0 aliphatic carbocycles. The minimum Gasteiger partial charge on any atom is -0.393 e. The first-order chi connectivity index (χ1) is 62.2. The summed E-state index contributed by atoms with van der Waals surface area (Å²) in [5.41, 5.74) is 26.9. The zero-order valence-corrected chi connectivity index (χ0v) is 77.3. The molecule has 635 valence electrons. The molecule has 2 unspecified atom stereocenters. The van der Waals surface area contributed by atoms with E-state index in [9.17, 15) is 0 Å². The van der Waals surface area contributed by atoms with Crippen molar-refractivity contribution in [1.29, 1.82) is 0 Å². The molecule has 16 heteroatoms. The molecule has 0 amide bonds. The van der Waals surface area contributed by atoms with Crippen molar-refractivity contribution in [3.63, 3.8) is 0 Å². The van der Waals surface area contributed by atoms with Crippen LogP contribution in [0.25, 0.3) is 198 Å². The largest absolute Gasteiger partial charge is 3.00 e. The van der Waals surface area contributed by atoms with Gasteiger partial charge in [0, 0.05) is 155 Å². The number of pyridine rings is 6. The van der Waals surface area contributed by atoms with Crippen LogP contribution >= 0.6 is 0 Å². The van der Waals surface area contributed by atoms with Crippen LogP contribution in [0.4, 0.5) is 0 Å². The van der Waals surface area contributed by atoms with E-state index in [1.165, 1.54) is 131 Å². The maximum atomic E-state index is 8.56. The molecule has 0 saturated heterocycles. The van der Waals surface area contributed by atoms with Crippen LogP contribution < -0.4 is 0 Å². The fraction of sp³-hybridized carbons (Fsp3) is 0.0973. The number of hydrogen-bond donors (Lipinski definition) is 2. The number of aliphatic hydroxyl groups is 2. The second-order valence-corrected chi connectivity index (χ2v) is 31.6. The number of fused-ring (bicyclic) bond motifs is 18. The third-order valence-corrected chi connectivity index (χ3v) is 23.5. The normalized spacial score (nSPS) is 11.5.